The van der Waals surface area contributed by atoms with Crippen molar-refractivity contribution >= 4 is 11.6 Å². The molecule has 0 aliphatic heterocycles. The van der Waals surface area contributed by atoms with Crippen LogP contribution in [0.25, 0.3) is 5.65 Å². The van der Waals surface area contributed by atoms with E-state index < -0.39 is 5.97 Å². The molecule has 0 fully saturated rings. The van der Waals surface area contributed by atoms with Gasteiger partial charge in [-0.05, 0) is 24.3 Å². The lowest BCUT2D eigenvalue weighted by Crippen LogP contribution is -2.08. The second-order valence-electron chi connectivity index (χ2n) is 4.11. The second-order valence-corrected chi connectivity index (χ2v) is 4.11. The summed E-state index contributed by atoms with van der Waals surface area (Å²) in [5.74, 6) is 0.457. The largest absolute Gasteiger partial charge is 0.477 e. The zero-order valence-electron chi connectivity index (χ0n) is 9.98. The van der Waals surface area contributed by atoms with E-state index in [-0.39, 0.29) is 5.69 Å². The van der Waals surface area contributed by atoms with Gasteiger partial charge in [-0.25, -0.2) is 4.79 Å². The quantitative estimate of drug-likeness (QED) is 0.770. The molecule has 6 heteroatoms. The lowest BCUT2D eigenvalue weighted by Gasteiger charge is -2.03. The number of aromatic nitrogens is 3. The third kappa shape index (κ3) is 2.08. The first-order valence-electron chi connectivity index (χ1n) is 5.84. The summed E-state index contributed by atoms with van der Waals surface area (Å²) in [6, 6.07) is 8.62. The van der Waals surface area contributed by atoms with Gasteiger partial charge >= 0.3 is 5.97 Å². The molecule has 0 aliphatic carbocycles. The summed E-state index contributed by atoms with van der Waals surface area (Å²) in [5.41, 5.74) is 0.700. The van der Waals surface area contributed by atoms with E-state index in [0.717, 1.165) is 5.76 Å². The molecule has 0 bridgehead atoms. The van der Waals surface area contributed by atoms with E-state index in [9.17, 15) is 9.90 Å². The van der Waals surface area contributed by atoms with Crippen molar-refractivity contribution in [2.45, 2.75) is 12.8 Å². The average molecular weight is 257 g/mol. The van der Waals surface area contributed by atoms with Crippen molar-refractivity contribution in [3.05, 3.63) is 53.9 Å². The van der Waals surface area contributed by atoms with Gasteiger partial charge in [0.25, 0.3) is 0 Å². The highest BCUT2D eigenvalue weighted by Gasteiger charge is 2.14. The number of nitrogens with zero attached hydrogens (tertiary/aromatic N) is 3. The molecule has 19 heavy (non-hydrogen) atoms. The fourth-order valence-corrected chi connectivity index (χ4v) is 2.02. The number of aryl methyl sites for hydroxylation is 2. The summed E-state index contributed by atoms with van der Waals surface area (Å²) >= 11 is 0. The molecule has 3 heterocycles. The van der Waals surface area contributed by atoms with Crippen LogP contribution in [0.1, 0.15) is 22.1 Å². The summed E-state index contributed by atoms with van der Waals surface area (Å²) in [6.45, 7) is 0. The van der Waals surface area contributed by atoms with Crippen LogP contribution >= 0.6 is 0 Å². The molecule has 6 nitrogen and oxygen atoms in total. The molecule has 3 rings (SSSR count). The molecule has 0 aromatic carbocycles. The van der Waals surface area contributed by atoms with Crippen LogP contribution < -0.4 is 0 Å². The molecule has 0 radical (unpaired) electrons. The number of furan rings is 1. The smallest absolute Gasteiger partial charge is 0.352 e. The average Bonchev–Trinajstić information content (AvgIpc) is 3.05. The van der Waals surface area contributed by atoms with E-state index in [1.165, 1.54) is 6.07 Å². The maximum Gasteiger partial charge on any atom is 0.352 e. The van der Waals surface area contributed by atoms with Gasteiger partial charge in [0.1, 0.15) is 17.3 Å². The van der Waals surface area contributed by atoms with Gasteiger partial charge in [-0.3, -0.25) is 4.40 Å². The number of hydrogen-bond acceptors (Lipinski definition) is 4. The molecule has 96 valence electrons. The number of rotatable bonds is 4. The number of aromatic carboxylic acids is 1. The summed E-state index contributed by atoms with van der Waals surface area (Å²) < 4.78 is 6.81. The van der Waals surface area contributed by atoms with E-state index in [2.05, 4.69) is 10.2 Å². The van der Waals surface area contributed by atoms with Gasteiger partial charge in [0.2, 0.25) is 0 Å². The maximum atomic E-state index is 11.2. The first kappa shape index (κ1) is 11.5. The molecule has 0 amide bonds. The molecular formula is C13H11N3O3. The number of carboxylic acids is 1. The van der Waals surface area contributed by atoms with Gasteiger partial charge in [-0.1, -0.05) is 6.07 Å². The fraction of sp³-hybridized carbons (Fsp3) is 0.154. The Morgan fingerprint density at radius 2 is 2.11 bits per heavy atom. The van der Waals surface area contributed by atoms with Gasteiger partial charge < -0.3 is 9.52 Å². The Bertz CT molecular complexity index is 716. The molecule has 3 aromatic heterocycles. The minimum absolute atomic E-state index is 0.164. The van der Waals surface area contributed by atoms with Gasteiger partial charge in [-0.15, -0.1) is 10.2 Å². The number of carbonyl (C=O) groups is 1. The number of carboxylic acid groups (broad SMARTS) is 1. The third-order valence-electron chi connectivity index (χ3n) is 2.89. The van der Waals surface area contributed by atoms with Crippen LogP contribution in [0.5, 0.6) is 0 Å². The van der Waals surface area contributed by atoms with Crippen molar-refractivity contribution < 1.29 is 14.3 Å². The standard InChI is InChI=1S/C13H11N3O3/c17-13(18)10-4-1-5-11-14-15-12(16(10)11)7-6-9-3-2-8-19-9/h1-5,8H,6-7H2,(H,17,18). The van der Waals surface area contributed by atoms with Crippen LogP contribution in [-0.4, -0.2) is 25.7 Å². The maximum absolute atomic E-state index is 11.2. The van der Waals surface area contributed by atoms with E-state index in [4.69, 9.17) is 4.42 Å². The summed E-state index contributed by atoms with van der Waals surface area (Å²) in [4.78, 5) is 11.2. The zero-order valence-corrected chi connectivity index (χ0v) is 9.98. The van der Waals surface area contributed by atoms with Crippen molar-refractivity contribution in [1.82, 2.24) is 14.6 Å². The van der Waals surface area contributed by atoms with Crippen LogP contribution in [0.2, 0.25) is 0 Å². The number of hydrogen-bond donors (Lipinski definition) is 1. The van der Waals surface area contributed by atoms with Crippen LogP contribution in [-0.2, 0) is 12.8 Å². The van der Waals surface area contributed by atoms with E-state index in [1.54, 1.807) is 22.8 Å². The van der Waals surface area contributed by atoms with Gasteiger partial charge in [0.05, 0.1) is 6.26 Å². The van der Waals surface area contributed by atoms with Crippen molar-refractivity contribution in [3.8, 4) is 0 Å². The molecule has 0 saturated carbocycles. The fourth-order valence-electron chi connectivity index (χ4n) is 2.02. The molecule has 0 aliphatic rings. The lowest BCUT2D eigenvalue weighted by atomic mass is 10.2. The monoisotopic (exact) mass is 257 g/mol. The Morgan fingerprint density at radius 1 is 1.21 bits per heavy atom. The molecule has 0 unspecified atom stereocenters. The topological polar surface area (TPSA) is 80.6 Å². The Balaban J connectivity index is 1.97. The van der Waals surface area contributed by atoms with Crippen molar-refractivity contribution in [1.29, 1.82) is 0 Å². The van der Waals surface area contributed by atoms with Crippen molar-refractivity contribution in [3.63, 3.8) is 0 Å². The van der Waals surface area contributed by atoms with E-state index in [1.807, 2.05) is 12.1 Å². The number of fused-ring (bicyclic) bond motifs is 1. The second kappa shape index (κ2) is 4.56. The van der Waals surface area contributed by atoms with Gasteiger partial charge in [0.15, 0.2) is 5.65 Å². The Morgan fingerprint density at radius 3 is 2.84 bits per heavy atom. The number of pyridine rings is 1. The Hall–Kier alpha value is -2.63. The minimum atomic E-state index is -0.996. The molecular weight excluding hydrogens is 246 g/mol. The molecule has 3 aromatic rings. The summed E-state index contributed by atoms with van der Waals surface area (Å²) in [5, 5.41) is 17.2. The van der Waals surface area contributed by atoms with Crippen molar-refractivity contribution in [2.75, 3.05) is 0 Å². The van der Waals surface area contributed by atoms with E-state index >= 15 is 0 Å². The lowest BCUT2D eigenvalue weighted by molar-refractivity contribution is 0.0688. The summed E-state index contributed by atoms with van der Waals surface area (Å²) in [6.07, 6.45) is 2.83. The zero-order chi connectivity index (χ0) is 13.2. The molecule has 0 spiro atoms. The highest BCUT2D eigenvalue weighted by atomic mass is 16.4. The van der Waals surface area contributed by atoms with Crippen LogP contribution in [0.4, 0.5) is 0 Å². The van der Waals surface area contributed by atoms with E-state index in [0.29, 0.717) is 24.3 Å². The molecule has 0 atom stereocenters. The van der Waals surface area contributed by atoms with Crippen LogP contribution in [0.3, 0.4) is 0 Å². The Labute approximate surface area is 108 Å². The highest BCUT2D eigenvalue weighted by molar-refractivity contribution is 5.86. The van der Waals surface area contributed by atoms with Crippen LogP contribution in [0.15, 0.2) is 41.0 Å². The van der Waals surface area contributed by atoms with Gasteiger partial charge in [-0.2, -0.15) is 0 Å². The first-order chi connectivity index (χ1) is 9.25. The minimum Gasteiger partial charge on any atom is -0.477 e. The molecule has 1 N–H and O–H groups in total. The SMILES string of the molecule is O=C(O)c1cccc2nnc(CCc3ccco3)n12. The predicted octanol–water partition coefficient (Wildman–Crippen LogP) is 1.81. The van der Waals surface area contributed by atoms with Gasteiger partial charge in [0, 0.05) is 12.8 Å². The highest BCUT2D eigenvalue weighted by Crippen LogP contribution is 2.11. The summed E-state index contributed by atoms with van der Waals surface area (Å²) in [7, 11) is 0. The predicted molar refractivity (Wildman–Crippen MR) is 66.1 cm³/mol. The van der Waals surface area contributed by atoms with Crippen LogP contribution in [0, 0.1) is 0 Å². The third-order valence-corrected chi connectivity index (χ3v) is 2.89. The first-order valence-corrected chi connectivity index (χ1v) is 5.84. The Kier molecular flexibility index (Phi) is 2.75. The van der Waals surface area contributed by atoms with Crippen molar-refractivity contribution in [2.24, 2.45) is 0 Å². The molecule has 0 saturated heterocycles. The normalized spacial score (nSPS) is 10.9.